The summed E-state index contributed by atoms with van der Waals surface area (Å²) in [4.78, 5) is 0. The van der Waals surface area contributed by atoms with Crippen LogP contribution in [-0.4, -0.2) is 6.36 Å². The number of ether oxygens (including phenoxy) is 1. The van der Waals surface area contributed by atoms with E-state index < -0.39 is 17.9 Å². The van der Waals surface area contributed by atoms with Crippen molar-refractivity contribution in [3.05, 3.63) is 34.6 Å². The number of allylic oxidation sites excluding steroid dienone is 1. The molecule has 0 saturated heterocycles. The molecule has 1 nitrogen and oxygen atoms in total. The molecule has 0 unspecified atom stereocenters. The van der Waals surface area contributed by atoms with Crippen LogP contribution in [0.2, 0.25) is 0 Å². The second-order valence-electron chi connectivity index (χ2n) is 8.75. The zero-order chi connectivity index (χ0) is 20.9. The van der Waals surface area contributed by atoms with Gasteiger partial charge in [0.25, 0.3) is 0 Å². The molecule has 2 aliphatic carbocycles. The van der Waals surface area contributed by atoms with E-state index in [0.29, 0.717) is 12.0 Å². The van der Waals surface area contributed by atoms with Gasteiger partial charge in [0.2, 0.25) is 0 Å². The number of halogens is 4. The standard InChI is InChI=1S/C24H32F4O/c1-2-3-4-5-17-6-8-18(9-7-17)10-11-19-12-13-20-16-23(29-24(26,27)28)22(25)15-21(20)14-19/h14-18H,2-13H2,1H3. The van der Waals surface area contributed by atoms with Crippen molar-refractivity contribution in [3.8, 4) is 5.75 Å². The van der Waals surface area contributed by atoms with Gasteiger partial charge in [0, 0.05) is 0 Å². The summed E-state index contributed by atoms with van der Waals surface area (Å²) < 4.78 is 55.0. The number of unbranched alkanes of at least 4 members (excludes halogenated alkanes) is 2. The predicted octanol–water partition coefficient (Wildman–Crippen LogP) is 8.22. The van der Waals surface area contributed by atoms with Crippen molar-refractivity contribution in [3.63, 3.8) is 0 Å². The lowest BCUT2D eigenvalue weighted by Gasteiger charge is -2.29. The number of fused-ring (bicyclic) bond motifs is 1. The highest BCUT2D eigenvalue weighted by molar-refractivity contribution is 5.61. The molecule has 29 heavy (non-hydrogen) atoms. The van der Waals surface area contributed by atoms with Gasteiger partial charge in [-0.2, -0.15) is 0 Å². The second-order valence-corrected chi connectivity index (χ2v) is 8.75. The fourth-order valence-electron chi connectivity index (χ4n) is 4.83. The summed E-state index contributed by atoms with van der Waals surface area (Å²) in [7, 11) is 0. The molecule has 0 aromatic heterocycles. The Hall–Kier alpha value is -1.52. The molecule has 0 N–H and O–H groups in total. The summed E-state index contributed by atoms with van der Waals surface area (Å²) in [5.41, 5.74) is 2.70. The van der Waals surface area contributed by atoms with Crippen molar-refractivity contribution in [1.29, 1.82) is 0 Å². The summed E-state index contributed by atoms with van der Waals surface area (Å²) in [6, 6.07) is 2.38. The number of aryl methyl sites for hydroxylation is 1. The maximum atomic E-state index is 14.0. The van der Waals surface area contributed by atoms with Crippen LogP contribution in [-0.2, 0) is 6.42 Å². The number of hydrogen-bond donors (Lipinski definition) is 0. The van der Waals surface area contributed by atoms with E-state index in [0.717, 1.165) is 30.2 Å². The molecule has 0 aliphatic heterocycles. The lowest BCUT2D eigenvalue weighted by Crippen LogP contribution is -2.18. The lowest BCUT2D eigenvalue weighted by atomic mass is 9.77. The molecular formula is C24H32F4O. The van der Waals surface area contributed by atoms with Gasteiger partial charge in [-0.25, -0.2) is 4.39 Å². The van der Waals surface area contributed by atoms with Crippen molar-refractivity contribution in [2.75, 3.05) is 0 Å². The fourth-order valence-corrected chi connectivity index (χ4v) is 4.83. The summed E-state index contributed by atoms with van der Waals surface area (Å²) in [6.07, 6.45) is 11.4. The third kappa shape index (κ3) is 6.75. The van der Waals surface area contributed by atoms with E-state index in [2.05, 4.69) is 11.7 Å². The van der Waals surface area contributed by atoms with Gasteiger partial charge >= 0.3 is 6.36 Å². The van der Waals surface area contributed by atoms with Crippen molar-refractivity contribution in [2.45, 2.75) is 90.3 Å². The Bertz CT molecular complexity index is 700. The Balaban J connectivity index is 1.50. The maximum Gasteiger partial charge on any atom is 0.573 e. The zero-order valence-electron chi connectivity index (χ0n) is 17.3. The molecule has 1 aromatic rings. The highest BCUT2D eigenvalue weighted by Crippen LogP contribution is 2.37. The van der Waals surface area contributed by atoms with Gasteiger partial charge in [-0.1, -0.05) is 69.9 Å². The van der Waals surface area contributed by atoms with E-state index in [-0.39, 0.29) is 0 Å². The monoisotopic (exact) mass is 412 g/mol. The summed E-state index contributed by atoms with van der Waals surface area (Å²) in [6.45, 7) is 2.25. The smallest absolute Gasteiger partial charge is 0.403 e. The molecule has 0 radical (unpaired) electrons. The Morgan fingerprint density at radius 3 is 2.31 bits per heavy atom. The molecule has 0 heterocycles. The Morgan fingerprint density at radius 1 is 0.966 bits per heavy atom. The lowest BCUT2D eigenvalue weighted by molar-refractivity contribution is -0.275. The normalized spacial score (nSPS) is 22.2. The number of alkyl halides is 3. The second kappa shape index (κ2) is 9.99. The molecule has 0 amide bonds. The molecule has 1 saturated carbocycles. The quantitative estimate of drug-likeness (QED) is 0.309. The molecule has 3 rings (SSSR count). The fraction of sp³-hybridized carbons (Fsp3) is 0.667. The average molecular weight is 413 g/mol. The minimum Gasteiger partial charge on any atom is -0.403 e. The van der Waals surface area contributed by atoms with Crippen LogP contribution in [0.15, 0.2) is 17.7 Å². The predicted molar refractivity (Wildman–Crippen MR) is 108 cm³/mol. The summed E-state index contributed by atoms with van der Waals surface area (Å²) in [5.74, 6) is -0.00236. The first-order valence-corrected chi connectivity index (χ1v) is 11.1. The van der Waals surface area contributed by atoms with Crippen LogP contribution in [0.5, 0.6) is 5.75 Å². The zero-order valence-corrected chi connectivity index (χ0v) is 17.3. The van der Waals surface area contributed by atoms with E-state index in [4.69, 9.17) is 0 Å². The Morgan fingerprint density at radius 2 is 1.66 bits per heavy atom. The first kappa shape index (κ1) is 22.2. The number of hydrogen-bond acceptors (Lipinski definition) is 1. The van der Waals surface area contributed by atoms with Crippen LogP contribution in [0.1, 0.15) is 88.7 Å². The highest BCUT2D eigenvalue weighted by Gasteiger charge is 2.33. The van der Waals surface area contributed by atoms with Crippen molar-refractivity contribution in [1.82, 2.24) is 0 Å². The molecule has 5 heteroatoms. The molecule has 0 bridgehead atoms. The third-order valence-corrected chi connectivity index (χ3v) is 6.55. The van der Waals surface area contributed by atoms with Crippen LogP contribution in [0.4, 0.5) is 17.6 Å². The first-order valence-electron chi connectivity index (χ1n) is 11.1. The summed E-state index contributed by atoms with van der Waals surface area (Å²) in [5, 5.41) is 0. The topological polar surface area (TPSA) is 9.23 Å². The molecular weight excluding hydrogens is 380 g/mol. The van der Waals surface area contributed by atoms with Crippen LogP contribution >= 0.6 is 0 Å². The van der Waals surface area contributed by atoms with E-state index in [9.17, 15) is 17.6 Å². The minimum absolute atomic E-state index is 0.639. The average Bonchev–Trinajstić information content (AvgIpc) is 2.67. The third-order valence-electron chi connectivity index (χ3n) is 6.55. The number of rotatable bonds is 8. The van der Waals surface area contributed by atoms with Crippen LogP contribution in [0.25, 0.3) is 6.08 Å². The highest BCUT2D eigenvalue weighted by atomic mass is 19.4. The van der Waals surface area contributed by atoms with Crippen LogP contribution in [0, 0.1) is 17.7 Å². The first-order chi connectivity index (χ1) is 13.8. The molecule has 1 fully saturated rings. The van der Waals surface area contributed by atoms with Gasteiger partial charge < -0.3 is 4.74 Å². The van der Waals surface area contributed by atoms with Gasteiger partial charge in [-0.15, -0.1) is 13.2 Å². The Labute approximate surface area is 171 Å². The van der Waals surface area contributed by atoms with E-state index in [1.807, 2.05) is 6.08 Å². The van der Waals surface area contributed by atoms with E-state index >= 15 is 0 Å². The number of benzene rings is 1. The molecule has 0 spiro atoms. The Kier molecular flexibility index (Phi) is 7.64. The van der Waals surface area contributed by atoms with E-state index in [1.54, 1.807) is 0 Å². The largest absolute Gasteiger partial charge is 0.573 e. The molecule has 1 aromatic carbocycles. The van der Waals surface area contributed by atoms with Gasteiger partial charge in [-0.05, 0) is 60.8 Å². The van der Waals surface area contributed by atoms with Gasteiger partial charge in [-0.3, -0.25) is 0 Å². The van der Waals surface area contributed by atoms with Gasteiger partial charge in [0.05, 0.1) is 0 Å². The van der Waals surface area contributed by atoms with E-state index in [1.165, 1.54) is 75.5 Å². The SMILES string of the molecule is CCCCCC1CCC(CCC2=Cc3cc(F)c(OC(F)(F)F)cc3CC2)CC1. The molecule has 162 valence electrons. The molecule has 0 atom stereocenters. The van der Waals surface area contributed by atoms with Crippen LogP contribution < -0.4 is 4.74 Å². The van der Waals surface area contributed by atoms with Crippen molar-refractivity contribution < 1.29 is 22.3 Å². The summed E-state index contributed by atoms with van der Waals surface area (Å²) >= 11 is 0. The maximum absolute atomic E-state index is 14.0. The van der Waals surface area contributed by atoms with Crippen LogP contribution in [0.3, 0.4) is 0 Å². The van der Waals surface area contributed by atoms with Crippen molar-refractivity contribution >= 4 is 6.08 Å². The van der Waals surface area contributed by atoms with Gasteiger partial charge in [0.15, 0.2) is 11.6 Å². The van der Waals surface area contributed by atoms with Gasteiger partial charge in [0.1, 0.15) is 0 Å². The minimum atomic E-state index is -4.88. The molecule has 2 aliphatic rings. The van der Waals surface area contributed by atoms with Crippen molar-refractivity contribution in [2.24, 2.45) is 11.8 Å².